The van der Waals surface area contributed by atoms with Crippen molar-refractivity contribution in [3.8, 4) is 5.88 Å². The zero-order chi connectivity index (χ0) is 17.9. The number of halogens is 2. The van der Waals surface area contributed by atoms with Gasteiger partial charge in [0.1, 0.15) is 5.02 Å². The second-order valence-corrected chi connectivity index (χ2v) is 7.26. The standard InChI is InChI=1S/C8H6BrClNO4P.C7H9N/c9-4-2-1-3-5-6(4)7(10)8(11-5)15-16(12,13)14;1-6-4-2-3-5-7(6)8/h1-3,11H,(H2,12,13,14);2-5H,8H2,1H3. The fourth-order valence-electron chi connectivity index (χ4n) is 1.91. The van der Waals surface area contributed by atoms with Gasteiger partial charge in [0.2, 0.25) is 5.88 Å². The first-order valence-electron chi connectivity index (χ1n) is 6.71. The topological polar surface area (TPSA) is 109 Å². The first kappa shape index (κ1) is 18.8. The lowest BCUT2D eigenvalue weighted by Gasteiger charge is -2.03. The van der Waals surface area contributed by atoms with Gasteiger partial charge in [0.25, 0.3) is 0 Å². The van der Waals surface area contributed by atoms with Crippen molar-refractivity contribution < 1.29 is 18.9 Å². The lowest BCUT2D eigenvalue weighted by Crippen LogP contribution is -1.90. The van der Waals surface area contributed by atoms with Gasteiger partial charge < -0.3 is 15.2 Å². The molecule has 0 bridgehead atoms. The van der Waals surface area contributed by atoms with Gasteiger partial charge in [-0.05, 0) is 30.7 Å². The zero-order valence-corrected chi connectivity index (χ0v) is 15.8. The zero-order valence-electron chi connectivity index (χ0n) is 12.5. The highest BCUT2D eigenvalue weighted by molar-refractivity contribution is 9.10. The molecule has 9 heteroatoms. The van der Waals surface area contributed by atoms with E-state index in [2.05, 4.69) is 25.4 Å². The van der Waals surface area contributed by atoms with Gasteiger partial charge in [-0.25, -0.2) is 4.57 Å². The molecule has 0 saturated carbocycles. The molecule has 0 aliphatic rings. The number of nitrogens with one attached hydrogen (secondary N) is 1. The van der Waals surface area contributed by atoms with Crippen molar-refractivity contribution in [3.05, 3.63) is 57.5 Å². The molecule has 0 fully saturated rings. The molecule has 0 atom stereocenters. The quantitative estimate of drug-likeness (QED) is 0.348. The van der Waals surface area contributed by atoms with Crippen LogP contribution in [-0.2, 0) is 4.57 Å². The Bertz CT molecular complexity index is 889. The number of H-pyrrole nitrogens is 1. The van der Waals surface area contributed by atoms with Crippen molar-refractivity contribution >= 4 is 51.9 Å². The number of phosphoric ester groups is 1. The predicted molar refractivity (Wildman–Crippen MR) is 99.3 cm³/mol. The molecule has 0 aliphatic carbocycles. The Morgan fingerprint density at radius 2 is 1.88 bits per heavy atom. The van der Waals surface area contributed by atoms with E-state index < -0.39 is 7.82 Å². The second kappa shape index (κ2) is 7.59. The average molecular weight is 434 g/mol. The molecule has 3 aromatic rings. The highest BCUT2D eigenvalue weighted by Crippen LogP contribution is 2.44. The van der Waals surface area contributed by atoms with E-state index in [1.54, 1.807) is 18.2 Å². The molecule has 0 unspecified atom stereocenters. The van der Waals surface area contributed by atoms with Crippen LogP contribution in [0.1, 0.15) is 5.56 Å². The summed E-state index contributed by atoms with van der Waals surface area (Å²) in [5.41, 5.74) is 8.16. The summed E-state index contributed by atoms with van der Waals surface area (Å²) in [6.45, 7) is 2.00. The number of rotatable bonds is 2. The smallest absolute Gasteiger partial charge is 0.399 e. The van der Waals surface area contributed by atoms with Gasteiger partial charge in [0.15, 0.2) is 0 Å². The minimum absolute atomic E-state index is 0.130. The summed E-state index contributed by atoms with van der Waals surface area (Å²) in [6.07, 6.45) is 0. The number of para-hydroxylation sites is 1. The number of nitrogen functional groups attached to an aromatic ring is 1. The second-order valence-electron chi connectivity index (χ2n) is 4.87. The van der Waals surface area contributed by atoms with E-state index in [1.807, 2.05) is 31.2 Å². The van der Waals surface area contributed by atoms with Crippen molar-refractivity contribution in [2.45, 2.75) is 6.92 Å². The van der Waals surface area contributed by atoms with Crippen LogP contribution in [0.4, 0.5) is 5.69 Å². The number of nitrogens with two attached hydrogens (primary N) is 1. The molecular formula is C15H15BrClN2O4P. The molecule has 0 spiro atoms. The van der Waals surface area contributed by atoms with Crippen LogP contribution in [0.15, 0.2) is 46.9 Å². The molecule has 1 heterocycles. The van der Waals surface area contributed by atoms with Crippen LogP contribution in [0.5, 0.6) is 5.88 Å². The normalized spacial score (nSPS) is 11.0. The highest BCUT2D eigenvalue weighted by atomic mass is 79.9. The van der Waals surface area contributed by atoms with E-state index >= 15 is 0 Å². The summed E-state index contributed by atoms with van der Waals surface area (Å²) in [4.78, 5) is 20.1. The molecule has 6 nitrogen and oxygen atoms in total. The van der Waals surface area contributed by atoms with E-state index in [4.69, 9.17) is 27.1 Å². The van der Waals surface area contributed by atoms with Crippen LogP contribution in [0.25, 0.3) is 10.9 Å². The van der Waals surface area contributed by atoms with Crippen molar-refractivity contribution in [3.63, 3.8) is 0 Å². The largest absolute Gasteiger partial charge is 0.526 e. The Morgan fingerprint density at radius 1 is 1.21 bits per heavy atom. The highest BCUT2D eigenvalue weighted by Gasteiger charge is 2.21. The van der Waals surface area contributed by atoms with E-state index in [0.29, 0.717) is 15.4 Å². The fraction of sp³-hybridized carbons (Fsp3) is 0.0667. The summed E-state index contributed by atoms with van der Waals surface area (Å²) < 4.78 is 15.8. The number of hydrogen-bond acceptors (Lipinski definition) is 3. The number of anilines is 1. The summed E-state index contributed by atoms with van der Waals surface area (Å²) in [5, 5.41) is 0.749. The summed E-state index contributed by atoms with van der Waals surface area (Å²) >= 11 is 9.23. The Labute approximate surface area is 152 Å². The van der Waals surface area contributed by atoms with Crippen molar-refractivity contribution in [2.24, 2.45) is 0 Å². The van der Waals surface area contributed by atoms with Crippen molar-refractivity contribution in [1.82, 2.24) is 4.98 Å². The first-order chi connectivity index (χ1) is 11.2. The maximum absolute atomic E-state index is 10.7. The van der Waals surface area contributed by atoms with Crippen LogP contribution in [0.2, 0.25) is 5.02 Å². The molecule has 5 N–H and O–H groups in total. The van der Waals surface area contributed by atoms with Gasteiger partial charge in [-0.15, -0.1) is 0 Å². The lowest BCUT2D eigenvalue weighted by atomic mass is 10.2. The third kappa shape index (κ3) is 4.75. The van der Waals surface area contributed by atoms with Crippen molar-refractivity contribution in [1.29, 1.82) is 0 Å². The van der Waals surface area contributed by atoms with E-state index in [-0.39, 0.29) is 10.9 Å². The Hall–Kier alpha value is -1.50. The Morgan fingerprint density at radius 3 is 2.38 bits per heavy atom. The van der Waals surface area contributed by atoms with Gasteiger partial charge in [0, 0.05) is 15.5 Å². The molecule has 128 valence electrons. The maximum Gasteiger partial charge on any atom is 0.526 e. The molecule has 0 radical (unpaired) electrons. The molecule has 0 saturated heterocycles. The average Bonchev–Trinajstić information content (AvgIpc) is 2.79. The number of phosphoric acid groups is 1. The number of fused-ring (bicyclic) bond motifs is 1. The van der Waals surface area contributed by atoms with E-state index in [0.717, 1.165) is 11.3 Å². The van der Waals surface area contributed by atoms with Gasteiger partial charge in [-0.2, -0.15) is 0 Å². The predicted octanol–water partition coefficient (Wildman–Crippen LogP) is 4.63. The first-order valence-corrected chi connectivity index (χ1v) is 9.41. The Kier molecular flexibility index (Phi) is 5.96. The molecule has 24 heavy (non-hydrogen) atoms. The maximum atomic E-state index is 10.7. The number of hydrogen-bond donors (Lipinski definition) is 4. The molecule has 0 aliphatic heterocycles. The van der Waals surface area contributed by atoms with Crippen LogP contribution in [0.3, 0.4) is 0 Å². The number of benzene rings is 2. The van der Waals surface area contributed by atoms with E-state index in [9.17, 15) is 4.57 Å². The van der Waals surface area contributed by atoms with Gasteiger partial charge >= 0.3 is 7.82 Å². The monoisotopic (exact) mass is 432 g/mol. The summed E-state index contributed by atoms with van der Waals surface area (Å²) in [6, 6.07) is 13.1. The summed E-state index contributed by atoms with van der Waals surface area (Å²) in [5.74, 6) is -0.142. The Balaban J connectivity index is 0.000000219. The molecule has 1 aromatic heterocycles. The van der Waals surface area contributed by atoms with Crippen LogP contribution >= 0.6 is 35.4 Å². The third-order valence-corrected chi connectivity index (χ3v) is 4.52. The number of aromatic nitrogens is 1. The van der Waals surface area contributed by atoms with Gasteiger partial charge in [0.05, 0.1) is 5.52 Å². The van der Waals surface area contributed by atoms with Gasteiger partial charge in [-0.1, -0.05) is 51.8 Å². The van der Waals surface area contributed by atoms with E-state index in [1.165, 1.54) is 0 Å². The van der Waals surface area contributed by atoms with Crippen molar-refractivity contribution in [2.75, 3.05) is 5.73 Å². The molecule has 2 aromatic carbocycles. The molecular weight excluding hydrogens is 419 g/mol. The number of aromatic amines is 1. The minimum Gasteiger partial charge on any atom is -0.399 e. The van der Waals surface area contributed by atoms with Crippen LogP contribution < -0.4 is 10.3 Å². The van der Waals surface area contributed by atoms with Crippen LogP contribution in [0, 0.1) is 6.92 Å². The molecule has 0 amide bonds. The fourth-order valence-corrected chi connectivity index (χ4v) is 3.31. The van der Waals surface area contributed by atoms with Gasteiger partial charge in [-0.3, -0.25) is 9.79 Å². The summed E-state index contributed by atoms with van der Waals surface area (Å²) in [7, 11) is -4.62. The SMILES string of the molecule is Cc1ccccc1N.O=P(O)(O)Oc1[nH]c2cccc(Br)c2c1Cl. The third-order valence-electron chi connectivity index (χ3n) is 3.08. The minimum atomic E-state index is -4.62. The number of aryl methyl sites for hydroxylation is 1. The lowest BCUT2D eigenvalue weighted by molar-refractivity contribution is 0.280. The van der Waals surface area contributed by atoms with Crippen LogP contribution in [-0.4, -0.2) is 14.8 Å². The molecule has 3 rings (SSSR count).